The van der Waals surface area contributed by atoms with Crippen molar-refractivity contribution in [3.8, 4) is 0 Å². The predicted octanol–water partition coefficient (Wildman–Crippen LogP) is 0.846. The second-order valence-corrected chi connectivity index (χ2v) is 4.06. The molecule has 0 aliphatic carbocycles. The topological polar surface area (TPSA) is 41.1 Å². The third kappa shape index (κ3) is 3.03. The third-order valence-electron chi connectivity index (χ3n) is 2.70. The SMILES string of the molecule is O=C(Cc1ccc(F)cc1)NC1CCNC1. The number of hydrogen-bond acceptors (Lipinski definition) is 2. The van der Waals surface area contributed by atoms with Crippen LogP contribution >= 0.6 is 0 Å². The highest BCUT2D eigenvalue weighted by Crippen LogP contribution is 2.04. The normalized spacial score (nSPS) is 19.7. The van der Waals surface area contributed by atoms with Crippen molar-refractivity contribution in [1.29, 1.82) is 0 Å². The van der Waals surface area contributed by atoms with Crippen molar-refractivity contribution >= 4 is 5.91 Å². The van der Waals surface area contributed by atoms with Crippen molar-refractivity contribution < 1.29 is 9.18 Å². The van der Waals surface area contributed by atoms with Crippen LogP contribution in [-0.4, -0.2) is 25.0 Å². The summed E-state index contributed by atoms with van der Waals surface area (Å²) < 4.78 is 12.6. The van der Waals surface area contributed by atoms with Gasteiger partial charge in [0.15, 0.2) is 0 Å². The van der Waals surface area contributed by atoms with Crippen LogP contribution in [-0.2, 0) is 11.2 Å². The molecule has 1 saturated heterocycles. The van der Waals surface area contributed by atoms with Crippen molar-refractivity contribution in [2.45, 2.75) is 18.9 Å². The minimum absolute atomic E-state index is 0.000285. The summed E-state index contributed by atoms with van der Waals surface area (Å²) in [6, 6.07) is 6.27. The Labute approximate surface area is 94.0 Å². The number of benzene rings is 1. The number of hydrogen-bond donors (Lipinski definition) is 2. The van der Waals surface area contributed by atoms with Crippen molar-refractivity contribution in [1.82, 2.24) is 10.6 Å². The van der Waals surface area contributed by atoms with Gasteiger partial charge in [0.1, 0.15) is 5.82 Å². The van der Waals surface area contributed by atoms with E-state index < -0.39 is 0 Å². The lowest BCUT2D eigenvalue weighted by molar-refractivity contribution is -0.121. The molecule has 1 fully saturated rings. The number of nitrogens with one attached hydrogen (secondary N) is 2. The van der Waals surface area contributed by atoms with Gasteiger partial charge >= 0.3 is 0 Å². The molecule has 2 N–H and O–H groups in total. The maximum atomic E-state index is 12.6. The van der Waals surface area contributed by atoms with Crippen LogP contribution < -0.4 is 10.6 Å². The van der Waals surface area contributed by atoms with Crippen LogP contribution in [0.3, 0.4) is 0 Å². The van der Waals surface area contributed by atoms with E-state index in [0.29, 0.717) is 6.42 Å². The minimum Gasteiger partial charge on any atom is -0.352 e. The molecule has 1 aliphatic rings. The van der Waals surface area contributed by atoms with Crippen LogP contribution in [0.1, 0.15) is 12.0 Å². The van der Waals surface area contributed by atoms with Gasteiger partial charge in [-0.25, -0.2) is 4.39 Å². The molecule has 0 radical (unpaired) electrons. The Hall–Kier alpha value is -1.42. The molecule has 1 aliphatic heterocycles. The minimum atomic E-state index is -0.274. The van der Waals surface area contributed by atoms with E-state index in [4.69, 9.17) is 0 Å². The van der Waals surface area contributed by atoms with E-state index in [9.17, 15) is 9.18 Å². The second kappa shape index (κ2) is 5.07. The van der Waals surface area contributed by atoms with Crippen LogP contribution in [0.5, 0.6) is 0 Å². The zero-order valence-corrected chi connectivity index (χ0v) is 9.00. The molecular formula is C12H15FN2O. The summed E-state index contributed by atoms with van der Waals surface area (Å²) in [7, 11) is 0. The molecule has 0 aromatic heterocycles. The van der Waals surface area contributed by atoms with Gasteiger partial charge in [0.05, 0.1) is 6.42 Å². The molecule has 1 atom stereocenters. The van der Waals surface area contributed by atoms with E-state index in [-0.39, 0.29) is 17.8 Å². The van der Waals surface area contributed by atoms with Gasteiger partial charge in [0, 0.05) is 12.6 Å². The Morgan fingerprint density at radius 1 is 1.44 bits per heavy atom. The fourth-order valence-electron chi connectivity index (χ4n) is 1.84. The van der Waals surface area contributed by atoms with Gasteiger partial charge in [0.25, 0.3) is 0 Å². The fraction of sp³-hybridized carbons (Fsp3) is 0.417. The van der Waals surface area contributed by atoms with E-state index in [1.807, 2.05) is 0 Å². The Balaban J connectivity index is 1.84. The summed E-state index contributed by atoms with van der Waals surface area (Å²) >= 11 is 0. The molecule has 4 heteroatoms. The molecule has 86 valence electrons. The molecule has 0 spiro atoms. The fourth-order valence-corrected chi connectivity index (χ4v) is 1.84. The number of halogens is 1. The lowest BCUT2D eigenvalue weighted by atomic mass is 10.1. The first-order valence-corrected chi connectivity index (χ1v) is 5.48. The van der Waals surface area contributed by atoms with Crippen molar-refractivity contribution in [3.63, 3.8) is 0 Å². The van der Waals surface area contributed by atoms with Gasteiger partial charge in [-0.05, 0) is 30.7 Å². The summed E-state index contributed by atoms with van der Waals surface area (Å²) in [4.78, 5) is 11.6. The molecule has 1 aromatic rings. The van der Waals surface area contributed by atoms with E-state index in [1.54, 1.807) is 12.1 Å². The first kappa shape index (κ1) is 11.1. The van der Waals surface area contributed by atoms with Crippen LogP contribution in [0.4, 0.5) is 4.39 Å². The molecule has 0 bridgehead atoms. The first-order chi connectivity index (χ1) is 7.74. The summed E-state index contributed by atoms with van der Waals surface area (Å²) in [5.74, 6) is -0.274. The van der Waals surface area contributed by atoms with Gasteiger partial charge in [-0.2, -0.15) is 0 Å². The number of rotatable bonds is 3. The summed E-state index contributed by atoms with van der Waals surface area (Å²) in [5.41, 5.74) is 0.838. The van der Waals surface area contributed by atoms with E-state index in [1.165, 1.54) is 12.1 Å². The number of amides is 1. The highest BCUT2D eigenvalue weighted by Gasteiger charge is 2.16. The Bertz CT molecular complexity index is 358. The van der Waals surface area contributed by atoms with Crippen LogP contribution in [0.25, 0.3) is 0 Å². The van der Waals surface area contributed by atoms with Gasteiger partial charge in [0.2, 0.25) is 5.91 Å². The highest BCUT2D eigenvalue weighted by atomic mass is 19.1. The average Bonchev–Trinajstić information content (AvgIpc) is 2.74. The van der Waals surface area contributed by atoms with Crippen molar-refractivity contribution in [3.05, 3.63) is 35.6 Å². The average molecular weight is 222 g/mol. The van der Waals surface area contributed by atoms with E-state index >= 15 is 0 Å². The van der Waals surface area contributed by atoms with Gasteiger partial charge < -0.3 is 10.6 Å². The zero-order chi connectivity index (χ0) is 11.4. The van der Waals surface area contributed by atoms with Crippen molar-refractivity contribution in [2.24, 2.45) is 0 Å². The maximum absolute atomic E-state index is 12.6. The van der Waals surface area contributed by atoms with Crippen LogP contribution in [0.2, 0.25) is 0 Å². The Kier molecular flexibility index (Phi) is 3.51. The van der Waals surface area contributed by atoms with E-state index in [2.05, 4.69) is 10.6 Å². The molecule has 2 rings (SSSR count). The maximum Gasteiger partial charge on any atom is 0.224 e. The summed E-state index contributed by atoms with van der Waals surface area (Å²) in [5, 5.41) is 6.13. The number of carbonyl (C=O) groups is 1. The lowest BCUT2D eigenvalue weighted by Gasteiger charge is -2.11. The predicted molar refractivity (Wildman–Crippen MR) is 59.5 cm³/mol. The smallest absolute Gasteiger partial charge is 0.224 e. The largest absolute Gasteiger partial charge is 0.352 e. The van der Waals surface area contributed by atoms with Gasteiger partial charge in [-0.3, -0.25) is 4.79 Å². The molecule has 16 heavy (non-hydrogen) atoms. The molecule has 3 nitrogen and oxygen atoms in total. The zero-order valence-electron chi connectivity index (χ0n) is 9.00. The van der Waals surface area contributed by atoms with Gasteiger partial charge in [-0.15, -0.1) is 0 Å². The molecule has 1 heterocycles. The first-order valence-electron chi connectivity index (χ1n) is 5.48. The molecule has 1 unspecified atom stereocenters. The molecule has 1 amide bonds. The molecule has 0 saturated carbocycles. The Morgan fingerprint density at radius 3 is 2.81 bits per heavy atom. The lowest BCUT2D eigenvalue weighted by Crippen LogP contribution is -2.37. The Morgan fingerprint density at radius 2 is 2.19 bits per heavy atom. The standard InChI is InChI=1S/C12H15FN2O/c13-10-3-1-9(2-4-10)7-12(16)15-11-5-6-14-8-11/h1-4,11,14H,5-8H2,(H,15,16). The molecular weight excluding hydrogens is 207 g/mol. The third-order valence-corrected chi connectivity index (χ3v) is 2.70. The number of carbonyl (C=O) groups excluding carboxylic acids is 1. The highest BCUT2D eigenvalue weighted by molar-refractivity contribution is 5.78. The van der Waals surface area contributed by atoms with Crippen LogP contribution in [0.15, 0.2) is 24.3 Å². The quantitative estimate of drug-likeness (QED) is 0.796. The van der Waals surface area contributed by atoms with Crippen LogP contribution in [0, 0.1) is 5.82 Å². The van der Waals surface area contributed by atoms with E-state index in [0.717, 1.165) is 25.1 Å². The van der Waals surface area contributed by atoms with Gasteiger partial charge in [-0.1, -0.05) is 12.1 Å². The molecule has 1 aromatic carbocycles. The van der Waals surface area contributed by atoms with Crippen molar-refractivity contribution in [2.75, 3.05) is 13.1 Å². The monoisotopic (exact) mass is 222 g/mol. The summed E-state index contributed by atoms with van der Waals surface area (Å²) in [6.07, 6.45) is 1.30. The second-order valence-electron chi connectivity index (χ2n) is 4.06. The summed E-state index contributed by atoms with van der Waals surface area (Å²) in [6.45, 7) is 1.80.